The standard InChI is InChI=1S/C11H16ClN3O/c1-7(10-3-2-4-16-10)15-11-9(13)5-8(12)6-14-11/h5-7,10H,2-4,13H2,1H3,(H,14,15). The molecular weight excluding hydrogens is 226 g/mol. The Morgan fingerprint density at radius 1 is 1.69 bits per heavy atom. The van der Waals surface area contributed by atoms with Gasteiger partial charge in [0.15, 0.2) is 0 Å². The first kappa shape index (κ1) is 11.5. The molecule has 1 aliphatic heterocycles. The third-order valence-electron chi connectivity index (χ3n) is 2.77. The van der Waals surface area contributed by atoms with Gasteiger partial charge in [0.05, 0.1) is 22.9 Å². The molecule has 1 aromatic rings. The van der Waals surface area contributed by atoms with Crippen molar-refractivity contribution in [3.8, 4) is 0 Å². The smallest absolute Gasteiger partial charge is 0.149 e. The maximum atomic E-state index is 5.82. The van der Waals surface area contributed by atoms with E-state index >= 15 is 0 Å². The molecule has 2 atom stereocenters. The van der Waals surface area contributed by atoms with Crippen molar-refractivity contribution in [3.05, 3.63) is 17.3 Å². The van der Waals surface area contributed by atoms with E-state index in [1.54, 1.807) is 12.3 Å². The van der Waals surface area contributed by atoms with Gasteiger partial charge in [-0.15, -0.1) is 0 Å². The van der Waals surface area contributed by atoms with Crippen molar-refractivity contribution in [2.24, 2.45) is 0 Å². The molecule has 1 saturated heterocycles. The van der Waals surface area contributed by atoms with Crippen LogP contribution in [0.2, 0.25) is 5.02 Å². The summed E-state index contributed by atoms with van der Waals surface area (Å²) in [6.07, 6.45) is 4.04. The zero-order valence-electron chi connectivity index (χ0n) is 9.24. The predicted molar refractivity (Wildman–Crippen MR) is 65.7 cm³/mol. The third kappa shape index (κ3) is 2.57. The zero-order chi connectivity index (χ0) is 11.5. The number of pyridine rings is 1. The van der Waals surface area contributed by atoms with E-state index in [1.807, 2.05) is 0 Å². The number of anilines is 2. The van der Waals surface area contributed by atoms with Gasteiger partial charge in [0.25, 0.3) is 0 Å². The van der Waals surface area contributed by atoms with Gasteiger partial charge in [0.2, 0.25) is 0 Å². The Kier molecular flexibility index (Phi) is 3.51. The fourth-order valence-electron chi connectivity index (χ4n) is 1.88. The van der Waals surface area contributed by atoms with Gasteiger partial charge in [-0.2, -0.15) is 0 Å². The van der Waals surface area contributed by atoms with Crippen LogP contribution in [0.15, 0.2) is 12.3 Å². The molecule has 1 fully saturated rings. The lowest BCUT2D eigenvalue weighted by molar-refractivity contribution is 0.0996. The van der Waals surface area contributed by atoms with Gasteiger partial charge in [-0.25, -0.2) is 4.98 Å². The minimum absolute atomic E-state index is 0.207. The van der Waals surface area contributed by atoms with E-state index in [2.05, 4.69) is 17.2 Å². The van der Waals surface area contributed by atoms with Crippen molar-refractivity contribution in [1.29, 1.82) is 0 Å². The largest absolute Gasteiger partial charge is 0.396 e. The van der Waals surface area contributed by atoms with Gasteiger partial charge >= 0.3 is 0 Å². The topological polar surface area (TPSA) is 60.2 Å². The van der Waals surface area contributed by atoms with Gasteiger partial charge in [0, 0.05) is 12.8 Å². The molecule has 5 heteroatoms. The van der Waals surface area contributed by atoms with Gasteiger partial charge in [-0.1, -0.05) is 11.6 Å². The number of halogens is 1. The van der Waals surface area contributed by atoms with Crippen molar-refractivity contribution in [2.45, 2.75) is 31.9 Å². The maximum Gasteiger partial charge on any atom is 0.149 e. The van der Waals surface area contributed by atoms with Crippen LogP contribution in [0.3, 0.4) is 0 Å². The van der Waals surface area contributed by atoms with Crippen LogP contribution in [0.5, 0.6) is 0 Å². The number of hydrogen-bond acceptors (Lipinski definition) is 4. The number of nitrogens with zero attached hydrogens (tertiary/aromatic N) is 1. The highest BCUT2D eigenvalue weighted by molar-refractivity contribution is 6.30. The van der Waals surface area contributed by atoms with E-state index in [4.69, 9.17) is 22.1 Å². The summed E-state index contributed by atoms with van der Waals surface area (Å²) in [6.45, 7) is 2.92. The molecule has 4 nitrogen and oxygen atoms in total. The number of ether oxygens (including phenoxy) is 1. The quantitative estimate of drug-likeness (QED) is 0.853. The normalized spacial score (nSPS) is 22.0. The van der Waals surface area contributed by atoms with Crippen LogP contribution in [0.25, 0.3) is 0 Å². The summed E-state index contributed by atoms with van der Waals surface area (Å²) >= 11 is 5.79. The maximum absolute atomic E-state index is 5.82. The first-order valence-corrected chi connectivity index (χ1v) is 5.84. The highest BCUT2D eigenvalue weighted by Gasteiger charge is 2.22. The molecule has 0 amide bonds. The summed E-state index contributed by atoms with van der Waals surface area (Å²) in [6, 6.07) is 1.90. The summed E-state index contributed by atoms with van der Waals surface area (Å²) in [5.41, 5.74) is 6.39. The van der Waals surface area contributed by atoms with Crippen LogP contribution in [-0.4, -0.2) is 23.7 Å². The fourth-order valence-corrected chi connectivity index (χ4v) is 2.05. The highest BCUT2D eigenvalue weighted by Crippen LogP contribution is 2.23. The average molecular weight is 242 g/mol. The van der Waals surface area contributed by atoms with Crippen molar-refractivity contribution >= 4 is 23.1 Å². The van der Waals surface area contributed by atoms with Crippen molar-refractivity contribution in [3.63, 3.8) is 0 Å². The van der Waals surface area contributed by atoms with E-state index in [0.29, 0.717) is 16.5 Å². The SMILES string of the molecule is CC(Nc1ncc(Cl)cc1N)C1CCCO1. The Bertz CT molecular complexity index is 366. The van der Waals surface area contributed by atoms with Gasteiger partial charge in [0.1, 0.15) is 5.82 Å². The number of hydrogen-bond donors (Lipinski definition) is 2. The lowest BCUT2D eigenvalue weighted by Crippen LogP contribution is -2.30. The van der Waals surface area contributed by atoms with Crippen molar-refractivity contribution < 1.29 is 4.74 Å². The van der Waals surface area contributed by atoms with Crippen LogP contribution in [0.1, 0.15) is 19.8 Å². The number of rotatable bonds is 3. The summed E-state index contributed by atoms with van der Waals surface area (Å²) in [4.78, 5) is 4.17. The summed E-state index contributed by atoms with van der Waals surface area (Å²) < 4.78 is 5.59. The fraction of sp³-hybridized carbons (Fsp3) is 0.545. The van der Waals surface area contributed by atoms with Crippen LogP contribution < -0.4 is 11.1 Å². The van der Waals surface area contributed by atoms with Gasteiger partial charge < -0.3 is 15.8 Å². The molecule has 0 spiro atoms. The molecule has 1 aliphatic rings. The minimum Gasteiger partial charge on any atom is -0.396 e. The Morgan fingerprint density at radius 3 is 3.12 bits per heavy atom. The Morgan fingerprint density at radius 2 is 2.50 bits per heavy atom. The second kappa shape index (κ2) is 4.89. The molecule has 0 bridgehead atoms. The molecule has 1 aromatic heterocycles. The lowest BCUT2D eigenvalue weighted by atomic mass is 10.1. The molecule has 0 radical (unpaired) electrons. The summed E-state index contributed by atoms with van der Waals surface area (Å²) in [7, 11) is 0. The van der Waals surface area contributed by atoms with Crippen molar-refractivity contribution in [1.82, 2.24) is 4.98 Å². The first-order chi connectivity index (χ1) is 7.66. The second-order valence-electron chi connectivity index (χ2n) is 4.08. The Labute approximate surface area is 100 Å². The second-order valence-corrected chi connectivity index (χ2v) is 4.51. The van der Waals surface area contributed by atoms with Gasteiger partial charge in [-0.3, -0.25) is 0 Å². The lowest BCUT2D eigenvalue weighted by Gasteiger charge is -2.21. The molecule has 0 saturated carbocycles. The summed E-state index contributed by atoms with van der Waals surface area (Å²) in [5.74, 6) is 0.674. The van der Waals surface area contributed by atoms with Crippen molar-refractivity contribution in [2.75, 3.05) is 17.7 Å². The van der Waals surface area contributed by atoms with E-state index in [9.17, 15) is 0 Å². The van der Waals surface area contributed by atoms with E-state index in [0.717, 1.165) is 19.4 Å². The zero-order valence-corrected chi connectivity index (χ0v) is 10.00. The molecule has 0 aliphatic carbocycles. The molecule has 88 valence electrons. The van der Waals surface area contributed by atoms with Crippen LogP contribution in [0, 0.1) is 0 Å². The van der Waals surface area contributed by atoms with Crippen LogP contribution >= 0.6 is 11.6 Å². The van der Waals surface area contributed by atoms with Gasteiger partial charge in [-0.05, 0) is 25.8 Å². The summed E-state index contributed by atoms with van der Waals surface area (Å²) in [5, 5.41) is 3.81. The Balaban J connectivity index is 2.02. The molecule has 2 unspecified atom stereocenters. The number of nitrogens with two attached hydrogens (primary N) is 1. The van der Waals surface area contributed by atoms with E-state index < -0.39 is 0 Å². The molecule has 2 heterocycles. The predicted octanol–water partition coefficient (Wildman–Crippen LogP) is 2.30. The number of nitrogens with one attached hydrogen (secondary N) is 1. The first-order valence-electron chi connectivity index (χ1n) is 5.46. The minimum atomic E-state index is 0.207. The van der Waals surface area contributed by atoms with Crippen LogP contribution in [-0.2, 0) is 4.74 Å². The third-order valence-corrected chi connectivity index (χ3v) is 2.98. The van der Waals surface area contributed by atoms with Crippen LogP contribution in [0.4, 0.5) is 11.5 Å². The Hall–Kier alpha value is -1.00. The molecule has 0 aromatic carbocycles. The average Bonchev–Trinajstić information content (AvgIpc) is 2.75. The van der Waals surface area contributed by atoms with E-state index in [-0.39, 0.29) is 12.1 Å². The van der Waals surface area contributed by atoms with E-state index in [1.165, 1.54) is 0 Å². The molecular formula is C11H16ClN3O. The molecule has 16 heavy (non-hydrogen) atoms. The monoisotopic (exact) mass is 241 g/mol. The molecule has 3 N–H and O–H groups in total. The molecule has 2 rings (SSSR count). The number of nitrogen functional groups attached to an aromatic ring is 1. The number of aromatic nitrogens is 1. The highest BCUT2D eigenvalue weighted by atomic mass is 35.5.